The highest BCUT2D eigenvalue weighted by molar-refractivity contribution is 7.15. The minimum absolute atomic E-state index is 0.0608. The van der Waals surface area contributed by atoms with Crippen molar-refractivity contribution in [3.05, 3.63) is 70.1 Å². The number of thiophene rings is 1. The van der Waals surface area contributed by atoms with Gasteiger partial charge in [-0.25, -0.2) is 9.18 Å². The zero-order valence-electron chi connectivity index (χ0n) is 15.7. The highest BCUT2D eigenvalue weighted by Gasteiger charge is 2.32. The van der Waals surface area contributed by atoms with E-state index >= 15 is 0 Å². The predicted molar refractivity (Wildman–Crippen MR) is 110 cm³/mol. The summed E-state index contributed by atoms with van der Waals surface area (Å²) in [6.45, 7) is 2.66. The smallest absolute Gasteiger partial charge is 0.312 e. The Morgan fingerprint density at radius 3 is 2.75 bits per heavy atom. The van der Waals surface area contributed by atoms with Crippen LogP contribution in [0.1, 0.15) is 47.5 Å². The molecule has 0 spiro atoms. The number of rotatable bonds is 1. The third-order valence-corrected chi connectivity index (χ3v) is 7.17. The second-order valence-corrected chi connectivity index (χ2v) is 8.62. The molecule has 3 aromatic rings. The Balaban J connectivity index is 1.54. The number of halogens is 1. The van der Waals surface area contributed by atoms with E-state index in [1.165, 1.54) is 46.0 Å². The lowest BCUT2D eigenvalue weighted by Crippen LogP contribution is -2.36. The van der Waals surface area contributed by atoms with Crippen molar-refractivity contribution in [2.75, 3.05) is 5.32 Å². The molecule has 0 fully saturated rings. The van der Waals surface area contributed by atoms with Crippen molar-refractivity contribution >= 4 is 23.1 Å². The summed E-state index contributed by atoms with van der Waals surface area (Å²) in [6, 6.07) is 9.84. The number of anilines is 1. The number of aryl methyl sites for hydroxylation is 1. The molecule has 1 aliphatic heterocycles. The molecule has 0 unspecified atom stereocenters. The summed E-state index contributed by atoms with van der Waals surface area (Å²) < 4.78 is 15.4. The molecule has 1 aliphatic carbocycles. The SMILES string of the molecule is C[C@@H]1c2cccn2-c2sc3c(c2CN1C(=O)Nc1ccc(F)cc1)CCCC3. The zero-order chi connectivity index (χ0) is 19.3. The molecule has 3 heterocycles. The van der Waals surface area contributed by atoms with Gasteiger partial charge in [-0.15, -0.1) is 11.3 Å². The number of amides is 2. The Morgan fingerprint density at radius 1 is 1.14 bits per heavy atom. The van der Waals surface area contributed by atoms with Gasteiger partial charge in [-0.2, -0.15) is 0 Å². The molecule has 144 valence electrons. The van der Waals surface area contributed by atoms with Crippen LogP contribution in [-0.4, -0.2) is 15.5 Å². The van der Waals surface area contributed by atoms with Gasteiger partial charge in [-0.1, -0.05) is 0 Å². The molecule has 5 rings (SSSR count). The monoisotopic (exact) mass is 395 g/mol. The molecule has 0 radical (unpaired) electrons. The highest BCUT2D eigenvalue weighted by Crippen LogP contribution is 2.42. The molecule has 0 bridgehead atoms. The number of urea groups is 1. The number of hydrogen-bond acceptors (Lipinski definition) is 2. The normalized spacial score (nSPS) is 18.1. The van der Waals surface area contributed by atoms with Crippen LogP contribution in [0, 0.1) is 5.82 Å². The van der Waals surface area contributed by atoms with Crippen molar-refractivity contribution in [3.63, 3.8) is 0 Å². The molecule has 2 aliphatic rings. The molecule has 28 heavy (non-hydrogen) atoms. The molecule has 2 amide bonds. The van der Waals surface area contributed by atoms with Gasteiger partial charge in [-0.05, 0) is 74.6 Å². The van der Waals surface area contributed by atoms with Gasteiger partial charge in [0.25, 0.3) is 0 Å². The minimum Gasteiger partial charge on any atom is -0.312 e. The van der Waals surface area contributed by atoms with Crippen molar-refractivity contribution in [1.29, 1.82) is 0 Å². The summed E-state index contributed by atoms with van der Waals surface area (Å²) in [5.41, 5.74) is 4.45. The average molecular weight is 396 g/mol. The molecule has 6 heteroatoms. The molecule has 4 nitrogen and oxygen atoms in total. The van der Waals surface area contributed by atoms with Crippen LogP contribution in [0.25, 0.3) is 5.00 Å². The molecule has 2 aromatic heterocycles. The highest BCUT2D eigenvalue weighted by atomic mass is 32.1. The molecule has 1 N–H and O–H groups in total. The van der Waals surface area contributed by atoms with Crippen LogP contribution in [0.3, 0.4) is 0 Å². The van der Waals surface area contributed by atoms with E-state index in [4.69, 9.17) is 0 Å². The second-order valence-electron chi connectivity index (χ2n) is 7.54. The second kappa shape index (κ2) is 6.78. The third-order valence-electron chi connectivity index (χ3n) is 5.84. The summed E-state index contributed by atoms with van der Waals surface area (Å²) in [7, 11) is 0. The quantitative estimate of drug-likeness (QED) is 0.567. The van der Waals surface area contributed by atoms with Crippen molar-refractivity contribution in [1.82, 2.24) is 9.47 Å². The molecular weight excluding hydrogens is 373 g/mol. The first kappa shape index (κ1) is 17.5. The van der Waals surface area contributed by atoms with Crippen molar-refractivity contribution < 1.29 is 9.18 Å². The van der Waals surface area contributed by atoms with E-state index in [0.717, 1.165) is 18.5 Å². The van der Waals surface area contributed by atoms with Gasteiger partial charge in [0.2, 0.25) is 0 Å². The first-order valence-electron chi connectivity index (χ1n) is 9.76. The number of aromatic nitrogens is 1. The van der Waals surface area contributed by atoms with Crippen LogP contribution >= 0.6 is 11.3 Å². The van der Waals surface area contributed by atoms with E-state index in [-0.39, 0.29) is 17.9 Å². The van der Waals surface area contributed by atoms with Gasteiger partial charge in [0.05, 0.1) is 12.6 Å². The summed E-state index contributed by atoms with van der Waals surface area (Å²) in [5, 5.41) is 4.20. The van der Waals surface area contributed by atoms with Gasteiger partial charge < -0.3 is 14.8 Å². The molecule has 0 saturated carbocycles. The molecule has 1 aromatic carbocycles. The van der Waals surface area contributed by atoms with E-state index in [2.05, 4.69) is 35.1 Å². The number of carbonyl (C=O) groups excluding carboxylic acids is 1. The topological polar surface area (TPSA) is 37.3 Å². The van der Waals surface area contributed by atoms with E-state index in [0.29, 0.717) is 12.2 Å². The summed E-state index contributed by atoms with van der Waals surface area (Å²) in [5.74, 6) is -0.312. The zero-order valence-corrected chi connectivity index (χ0v) is 16.6. The number of fused-ring (bicyclic) bond motifs is 5. The first-order chi connectivity index (χ1) is 13.6. The number of benzene rings is 1. The van der Waals surface area contributed by atoms with E-state index in [9.17, 15) is 9.18 Å². The maximum Gasteiger partial charge on any atom is 0.322 e. The summed E-state index contributed by atoms with van der Waals surface area (Å²) in [4.78, 5) is 16.5. The summed E-state index contributed by atoms with van der Waals surface area (Å²) in [6.07, 6.45) is 6.80. The number of nitrogens with zero attached hydrogens (tertiary/aromatic N) is 2. The number of nitrogens with one attached hydrogen (secondary N) is 1. The van der Waals surface area contributed by atoms with Crippen molar-refractivity contribution in [2.24, 2.45) is 0 Å². The Hall–Kier alpha value is -2.60. The van der Waals surface area contributed by atoms with E-state index in [1.54, 1.807) is 12.1 Å². The Kier molecular flexibility index (Phi) is 4.23. The lowest BCUT2D eigenvalue weighted by molar-refractivity contribution is 0.189. The van der Waals surface area contributed by atoms with Crippen LogP contribution < -0.4 is 5.32 Å². The number of hydrogen-bond donors (Lipinski definition) is 1. The fraction of sp³-hybridized carbons (Fsp3) is 0.318. The van der Waals surface area contributed by atoms with E-state index in [1.807, 2.05) is 16.2 Å². The molecule has 0 saturated heterocycles. The van der Waals surface area contributed by atoms with Crippen LogP contribution in [0.5, 0.6) is 0 Å². The maximum absolute atomic E-state index is 13.2. The van der Waals surface area contributed by atoms with Gasteiger partial charge in [0, 0.05) is 28.0 Å². The first-order valence-corrected chi connectivity index (χ1v) is 10.6. The van der Waals surface area contributed by atoms with Gasteiger partial charge in [0.1, 0.15) is 10.8 Å². The van der Waals surface area contributed by atoms with Gasteiger partial charge in [0.15, 0.2) is 0 Å². The molecular formula is C22H22FN3OS. The Labute approximate surface area is 167 Å². The lowest BCUT2D eigenvalue weighted by Gasteiger charge is -2.28. The van der Waals surface area contributed by atoms with E-state index < -0.39 is 0 Å². The van der Waals surface area contributed by atoms with Gasteiger partial charge in [-0.3, -0.25) is 0 Å². The number of carbonyl (C=O) groups is 1. The predicted octanol–water partition coefficient (Wildman–Crippen LogP) is 5.67. The molecule has 1 atom stereocenters. The van der Waals surface area contributed by atoms with Crippen LogP contribution in [-0.2, 0) is 19.4 Å². The minimum atomic E-state index is -0.312. The summed E-state index contributed by atoms with van der Waals surface area (Å²) >= 11 is 1.88. The largest absolute Gasteiger partial charge is 0.322 e. The third kappa shape index (κ3) is 2.83. The fourth-order valence-electron chi connectivity index (χ4n) is 4.34. The maximum atomic E-state index is 13.2. The Morgan fingerprint density at radius 2 is 1.93 bits per heavy atom. The lowest BCUT2D eigenvalue weighted by atomic mass is 9.95. The van der Waals surface area contributed by atoms with Crippen molar-refractivity contribution in [3.8, 4) is 5.00 Å². The Bertz CT molecular complexity index is 1040. The van der Waals surface area contributed by atoms with Crippen molar-refractivity contribution in [2.45, 2.75) is 45.2 Å². The standard InChI is InChI=1S/C22H22FN3OS/c1-14-19-6-4-12-25(19)21-18(17-5-2-3-7-20(17)28-21)13-26(14)22(27)24-16-10-8-15(23)9-11-16/h4,6,8-12,14H,2-3,5,7,13H2,1H3,(H,24,27)/t14-/m1/s1. The fourth-order valence-corrected chi connectivity index (χ4v) is 5.74. The van der Waals surface area contributed by atoms with Crippen LogP contribution in [0.4, 0.5) is 14.9 Å². The van der Waals surface area contributed by atoms with Crippen LogP contribution in [0.2, 0.25) is 0 Å². The van der Waals surface area contributed by atoms with Crippen LogP contribution in [0.15, 0.2) is 42.6 Å². The average Bonchev–Trinajstić information content (AvgIpc) is 3.29. The van der Waals surface area contributed by atoms with Gasteiger partial charge >= 0.3 is 6.03 Å².